The van der Waals surface area contributed by atoms with Crippen LogP contribution in [-0.2, 0) is 13.0 Å². The highest BCUT2D eigenvalue weighted by molar-refractivity contribution is 8.14. The van der Waals surface area contributed by atoms with Gasteiger partial charge in [-0.2, -0.15) is 0 Å². The van der Waals surface area contributed by atoms with E-state index in [0.717, 1.165) is 40.3 Å². The molecule has 2 aliphatic rings. The van der Waals surface area contributed by atoms with Gasteiger partial charge in [-0.1, -0.05) is 6.07 Å². The number of benzene rings is 1. The number of carbonyl (C=O) groups is 1. The molecule has 0 saturated heterocycles. The highest BCUT2D eigenvalue weighted by Crippen LogP contribution is 2.47. The molecule has 4 rings (SSSR count). The molecule has 1 N–H and O–H groups in total. The van der Waals surface area contributed by atoms with Crippen LogP contribution in [0.5, 0.6) is 11.5 Å². The van der Waals surface area contributed by atoms with Crippen LogP contribution in [-0.4, -0.2) is 29.4 Å². The van der Waals surface area contributed by atoms with Crippen LogP contribution in [0.15, 0.2) is 27.6 Å². The lowest BCUT2D eigenvalue weighted by atomic mass is 9.90. The summed E-state index contributed by atoms with van der Waals surface area (Å²) < 4.78 is 17.3. The normalized spacial score (nSPS) is 19.7. The van der Waals surface area contributed by atoms with Crippen molar-refractivity contribution in [1.82, 2.24) is 5.32 Å². The number of rotatable bonds is 7. The number of hydrogen-bond acceptors (Lipinski definition) is 6. The van der Waals surface area contributed by atoms with E-state index in [2.05, 4.69) is 12.2 Å². The maximum Gasteiger partial charge on any atom is 0.287 e. The molecule has 1 aromatic heterocycles. The van der Waals surface area contributed by atoms with Gasteiger partial charge in [-0.3, -0.25) is 9.79 Å². The smallest absolute Gasteiger partial charge is 0.287 e. The topological polar surface area (TPSA) is 73.1 Å². The quantitative estimate of drug-likeness (QED) is 0.683. The van der Waals surface area contributed by atoms with E-state index >= 15 is 0 Å². The molecule has 2 aromatic rings. The fourth-order valence-electron chi connectivity index (χ4n) is 4.18. The molecule has 2 atom stereocenters. The van der Waals surface area contributed by atoms with E-state index in [1.54, 1.807) is 0 Å². The van der Waals surface area contributed by atoms with Gasteiger partial charge in [0.2, 0.25) is 0 Å². The summed E-state index contributed by atoms with van der Waals surface area (Å²) in [6.07, 6.45) is 1.89. The summed E-state index contributed by atoms with van der Waals surface area (Å²) in [5, 5.41) is 4.56. The summed E-state index contributed by atoms with van der Waals surface area (Å²) in [6, 6.07) is 5.84. The van der Waals surface area contributed by atoms with Crippen LogP contribution in [0.4, 0.5) is 0 Å². The molecule has 1 amide bonds. The van der Waals surface area contributed by atoms with Crippen molar-refractivity contribution in [3.63, 3.8) is 0 Å². The zero-order chi connectivity index (χ0) is 21.3. The minimum Gasteiger partial charge on any atom is -0.490 e. The molecule has 0 saturated carbocycles. The van der Waals surface area contributed by atoms with Gasteiger partial charge in [0.15, 0.2) is 17.3 Å². The lowest BCUT2D eigenvalue weighted by molar-refractivity contribution is 0.0920. The highest BCUT2D eigenvalue weighted by Gasteiger charge is 2.39. The van der Waals surface area contributed by atoms with E-state index in [9.17, 15) is 4.79 Å². The molecule has 30 heavy (non-hydrogen) atoms. The summed E-state index contributed by atoms with van der Waals surface area (Å²) >= 11 is 1.84. The molecular weight excluding hydrogens is 400 g/mol. The minimum absolute atomic E-state index is 0.115. The Morgan fingerprint density at radius 2 is 2.00 bits per heavy atom. The van der Waals surface area contributed by atoms with Crippen LogP contribution in [0, 0.1) is 6.92 Å². The van der Waals surface area contributed by atoms with Gasteiger partial charge in [0.05, 0.1) is 24.3 Å². The SMILES string of the molecule is CCOc1ccc(CNC(=O)c2oc3c(c2C)C2N=C(C)SC2CC3)cc1OCC. The van der Waals surface area contributed by atoms with Crippen LogP contribution >= 0.6 is 11.8 Å². The molecule has 160 valence electrons. The minimum atomic E-state index is -0.198. The first kappa shape index (κ1) is 20.8. The fourth-order valence-corrected chi connectivity index (χ4v) is 5.35. The maximum absolute atomic E-state index is 12.9. The zero-order valence-corrected chi connectivity index (χ0v) is 18.7. The molecule has 0 fully saturated rings. The van der Waals surface area contributed by atoms with Crippen molar-refractivity contribution < 1.29 is 18.7 Å². The van der Waals surface area contributed by atoms with Gasteiger partial charge in [0.1, 0.15) is 5.76 Å². The number of amides is 1. The van der Waals surface area contributed by atoms with Crippen LogP contribution in [0.3, 0.4) is 0 Å². The van der Waals surface area contributed by atoms with Gasteiger partial charge in [-0.15, -0.1) is 11.8 Å². The lowest BCUT2D eigenvalue weighted by Crippen LogP contribution is -2.23. The van der Waals surface area contributed by atoms with Crippen molar-refractivity contribution in [2.75, 3.05) is 13.2 Å². The predicted octanol–water partition coefficient (Wildman–Crippen LogP) is 4.84. The average molecular weight is 429 g/mol. The second-order valence-electron chi connectivity index (χ2n) is 7.51. The summed E-state index contributed by atoms with van der Waals surface area (Å²) in [7, 11) is 0. The molecule has 1 aliphatic carbocycles. The highest BCUT2D eigenvalue weighted by atomic mass is 32.2. The predicted molar refractivity (Wildman–Crippen MR) is 119 cm³/mol. The number of aryl methyl sites for hydroxylation is 1. The number of carbonyl (C=O) groups excluding carboxylic acids is 1. The van der Waals surface area contributed by atoms with Gasteiger partial charge in [-0.25, -0.2) is 0 Å². The fraction of sp³-hybridized carbons (Fsp3) is 0.478. The molecule has 7 heteroatoms. The molecule has 2 heterocycles. The Morgan fingerprint density at radius 3 is 2.77 bits per heavy atom. The molecule has 0 radical (unpaired) electrons. The molecule has 1 aliphatic heterocycles. The Balaban J connectivity index is 1.49. The molecule has 0 bridgehead atoms. The number of nitrogens with zero attached hydrogens (tertiary/aromatic N) is 1. The first-order valence-corrected chi connectivity index (χ1v) is 11.4. The van der Waals surface area contributed by atoms with Gasteiger partial charge >= 0.3 is 0 Å². The van der Waals surface area contributed by atoms with Crippen molar-refractivity contribution in [1.29, 1.82) is 0 Å². The number of furan rings is 1. The van der Waals surface area contributed by atoms with Crippen molar-refractivity contribution in [2.45, 2.75) is 58.4 Å². The van der Waals surface area contributed by atoms with E-state index < -0.39 is 0 Å². The van der Waals surface area contributed by atoms with Crippen molar-refractivity contribution in [2.24, 2.45) is 4.99 Å². The van der Waals surface area contributed by atoms with Gasteiger partial charge in [-0.05, 0) is 51.8 Å². The zero-order valence-electron chi connectivity index (χ0n) is 17.9. The van der Waals surface area contributed by atoms with E-state index in [1.165, 1.54) is 0 Å². The third kappa shape index (κ3) is 3.95. The number of fused-ring (bicyclic) bond motifs is 3. The Hall–Kier alpha value is -2.41. The van der Waals surface area contributed by atoms with Gasteiger partial charge in [0.25, 0.3) is 5.91 Å². The number of aliphatic imine (C=N–C) groups is 1. The maximum atomic E-state index is 12.9. The van der Waals surface area contributed by atoms with E-state index in [-0.39, 0.29) is 11.9 Å². The van der Waals surface area contributed by atoms with Crippen molar-refractivity contribution in [3.8, 4) is 11.5 Å². The van der Waals surface area contributed by atoms with Gasteiger partial charge < -0.3 is 19.2 Å². The Morgan fingerprint density at radius 1 is 1.23 bits per heavy atom. The number of nitrogens with one attached hydrogen (secondary N) is 1. The van der Waals surface area contributed by atoms with Crippen LogP contribution in [0.1, 0.15) is 66.2 Å². The van der Waals surface area contributed by atoms with Crippen LogP contribution in [0.25, 0.3) is 0 Å². The van der Waals surface area contributed by atoms with E-state index in [0.29, 0.717) is 42.3 Å². The molecule has 2 unspecified atom stereocenters. The Bertz CT molecular complexity index is 982. The largest absolute Gasteiger partial charge is 0.490 e. The monoisotopic (exact) mass is 428 g/mol. The van der Waals surface area contributed by atoms with Crippen LogP contribution in [0.2, 0.25) is 0 Å². The van der Waals surface area contributed by atoms with Crippen molar-refractivity contribution >= 4 is 22.7 Å². The number of ether oxygens (including phenoxy) is 2. The third-order valence-electron chi connectivity index (χ3n) is 5.48. The molecule has 0 spiro atoms. The summed E-state index contributed by atoms with van der Waals surface area (Å²) in [4.78, 5) is 17.7. The molecule has 1 aromatic carbocycles. The summed E-state index contributed by atoms with van der Waals surface area (Å²) in [5.41, 5.74) is 2.97. The second-order valence-corrected chi connectivity index (χ2v) is 8.94. The van der Waals surface area contributed by atoms with E-state index in [1.807, 2.05) is 50.7 Å². The first-order chi connectivity index (χ1) is 14.5. The Labute approximate surface area is 181 Å². The van der Waals surface area contributed by atoms with Gasteiger partial charge in [0, 0.05) is 29.3 Å². The molecule has 6 nitrogen and oxygen atoms in total. The average Bonchev–Trinajstić information content (AvgIpc) is 3.27. The van der Waals surface area contributed by atoms with Crippen LogP contribution < -0.4 is 14.8 Å². The molecular formula is C23H28N2O4S. The summed E-state index contributed by atoms with van der Waals surface area (Å²) in [6.45, 7) is 9.41. The first-order valence-electron chi connectivity index (χ1n) is 10.5. The standard InChI is InChI=1S/C23H28N2O4S/c1-5-27-16-8-7-15(11-18(16)28-6-2)12-24-23(26)22-13(3)20-17(29-22)9-10-19-21(20)25-14(4)30-19/h7-8,11,19,21H,5-6,9-10,12H2,1-4H3,(H,24,26). The Kier molecular flexibility index (Phi) is 6.09. The lowest BCUT2D eigenvalue weighted by Gasteiger charge is -2.22. The number of thioether (sulfide) groups is 1. The second kappa shape index (κ2) is 8.76. The summed E-state index contributed by atoms with van der Waals surface area (Å²) in [5.74, 6) is 2.52. The third-order valence-corrected chi connectivity index (χ3v) is 6.73. The van der Waals surface area contributed by atoms with E-state index in [4.69, 9.17) is 18.9 Å². The van der Waals surface area contributed by atoms with Crippen molar-refractivity contribution in [3.05, 3.63) is 46.4 Å². The number of hydrogen-bond donors (Lipinski definition) is 1.